The first kappa shape index (κ1) is 15.6. The molecule has 1 atom stereocenters. The molecular formula is C17H18ClFN4O. The first-order valence-corrected chi connectivity index (χ1v) is 8.55. The van der Waals surface area contributed by atoms with Gasteiger partial charge in [-0.3, -0.25) is 4.79 Å². The average Bonchev–Trinajstić information content (AvgIpc) is 3.25. The molecule has 0 spiro atoms. The summed E-state index contributed by atoms with van der Waals surface area (Å²) in [4.78, 5) is 14.4. The fourth-order valence-electron chi connectivity index (χ4n) is 3.37. The minimum Gasteiger partial charge on any atom is -0.333 e. The van der Waals surface area contributed by atoms with Crippen molar-refractivity contribution in [3.8, 4) is 0 Å². The Labute approximate surface area is 144 Å². The van der Waals surface area contributed by atoms with Crippen molar-refractivity contribution in [3.63, 3.8) is 0 Å². The predicted molar refractivity (Wildman–Crippen MR) is 87.2 cm³/mol. The van der Waals surface area contributed by atoms with Gasteiger partial charge < -0.3 is 9.47 Å². The van der Waals surface area contributed by atoms with E-state index in [-0.39, 0.29) is 18.4 Å². The maximum Gasteiger partial charge on any atom is 0.227 e. The van der Waals surface area contributed by atoms with Crippen LogP contribution < -0.4 is 0 Å². The largest absolute Gasteiger partial charge is 0.333 e. The molecule has 1 aromatic heterocycles. The highest BCUT2D eigenvalue weighted by Crippen LogP contribution is 2.41. The van der Waals surface area contributed by atoms with Crippen LogP contribution in [0.15, 0.2) is 18.2 Å². The second-order valence-corrected chi connectivity index (χ2v) is 7.13. The molecule has 1 aromatic carbocycles. The summed E-state index contributed by atoms with van der Waals surface area (Å²) in [6, 6.07) is 4.37. The first-order valence-electron chi connectivity index (χ1n) is 8.17. The fraction of sp³-hybridized carbons (Fsp3) is 0.471. The molecule has 1 fully saturated rings. The molecule has 1 amide bonds. The molecule has 2 heterocycles. The van der Waals surface area contributed by atoms with E-state index >= 15 is 0 Å². The van der Waals surface area contributed by atoms with Crippen LogP contribution >= 0.6 is 11.6 Å². The maximum absolute atomic E-state index is 13.4. The van der Waals surface area contributed by atoms with Crippen molar-refractivity contribution in [3.05, 3.63) is 46.3 Å². The molecule has 0 unspecified atom stereocenters. The lowest BCUT2D eigenvalue weighted by molar-refractivity contribution is -0.132. The number of hydrogen-bond donors (Lipinski definition) is 0. The molecule has 1 saturated carbocycles. The van der Waals surface area contributed by atoms with Gasteiger partial charge in [-0.1, -0.05) is 11.6 Å². The van der Waals surface area contributed by atoms with Gasteiger partial charge in [0.1, 0.15) is 11.6 Å². The zero-order valence-electron chi connectivity index (χ0n) is 13.4. The number of hydrogen-bond acceptors (Lipinski definition) is 3. The molecule has 0 saturated heterocycles. The van der Waals surface area contributed by atoms with E-state index in [0.29, 0.717) is 29.6 Å². The highest BCUT2D eigenvalue weighted by molar-refractivity contribution is 6.30. The zero-order chi connectivity index (χ0) is 16.8. The third-order valence-corrected chi connectivity index (χ3v) is 4.84. The minimum atomic E-state index is -0.425. The smallest absolute Gasteiger partial charge is 0.227 e. The van der Waals surface area contributed by atoms with Gasteiger partial charge in [0.2, 0.25) is 5.91 Å². The zero-order valence-corrected chi connectivity index (χ0v) is 14.1. The number of nitrogens with zero attached hydrogens (tertiary/aromatic N) is 4. The second kappa shape index (κ2) is 5.84. The number of carbonyl (C=O) groups excluding carboxylic acids is 1. The third kappa shape index (κ3) is 2.90. The summed E-state index contributed by atoms with van der Waals surface area (Å²) in [6.45, 7) is 3.15. The van der Waals surface area contributed by atoms with Gasteiger partial charge in [-0.25, -0.2) is 4.39 Å². The quantitative estimate of drug-likeness (QED) is 0.856. The number of halogens is 2. The molecule has 5 nitrogen and oxygen atoms in total. The van der Waals surface area contributed by atoms with Crippen LogP contribution in [0, 0.1) is 5.82 Å². The van der Waals surface area contributed by atoms with Crippen molar-refractivity contribution in [2.24, 2.45) is 0 Å². The molecule has 0 radical (unpaired) electrons. The van der Waals surface area contributed by atoms with Gasteiger partial charge in [0.15, 0.2) is 5.82 Å². The van der Waals surface area contributed by atoms with Gasteiger partial charge in [0.25, 0.3) is 0 Å². The summed E-state index contributed by atoms with van der Waals surface area (Å²) in [5.74, 6) is 1.95. The van der Waals surface area contributed by atoms with Crippen LogP contribution in [-0.4, -0.2) is 32.1 Å². The highest BCUT2D eigenvalue weighted by Gasteiger charge is 2.35. The summed E-state index contributed by atoms with van der Waals surface area (Å²) >= 11 is 5.86. The monoisotopic (exact) mass is 348 g/mol. The Morgan fingerprint density at radius 2 is 2.12 bits per heavy atom. The second-order valence-electron chi connectivity index (χ2n) is 6.70. The summed E-state index contributed by atoms with van der Waals surface area (Å²) in [5, 5.41) is 8.90. The summed E-state index contributed by atoms with van der Waals surface area (Å²) in [6.07, 6.45) is 2.48. The Balaban J connectivity index is 1.51. The van der Waals surface area contributed by atoms with E-state index < -0.39 is 5.82 Å². The standard InChI is InChI=1S/C17H18ClFN4O/c1-10-8-22(9-15-20-21-17(23(10)15)12-2-3-12)16(24)6-11-4-13(18)7-14(19)5-11/h4-5,7,10,12H,2-3,6,8-9H2,1H3/t10-/m0/s1. The molecular weight excluding hydrogens is 331 g/mol. The Bertz CT molecular complexity index is 782. The molecule has 1 aliphatic carbocycles. The Morgan fingerprint density at radius 3 is 2.83 bits per heavy atom. The van der Waals surface area contributed by atoms with Gasteiger partial charge in [-0.2, -0.15) is 0 Å². The SMILES string of the molecule is C[C@H]1CN(C(=O)Cc2cc(F)cc(Cl)c2)Cc2nnc(C3CC3)n21. The fourth-order valence-corrected chi connectivity index (χ4v) is 3.62. The van der Waals surface area contributed by atoms with Crippen molar-refractivity contribution >= 4 is 17.5 Å². The van der Waals surface area contributed by atoms with Crippen molar-refractivity contribution < 1.29 is 9.18 Å². The van der Waals surface area contributed by atoms with Crippen molar-refractivity contribution in [2.45, 2.75) is 44.7 Å². The van der Waals surface area contributed by atoms with Crippen LogP contribution in [0.4, 0.5) is 4.39 Å². The Kier molecular flexibility index (Phi) is 3.79. The van der Waals surface area contributed by atoms with Crippen LogP contribution in [0.1, 0.15) is 48.9 Å². The molecule has 24 heavy (non-hydrogen) atoms. The summed E-state index contributed by atoms with van der Waals surface area (Å²) < 4.78 is 15.6. The number of aromatic nitrogens is 3. The average molecular weight is 349 g/mol. The molecule has 7 heteroatoms. The first-order chi connectivity index (χ1) is 11.5. The molecule has 1 aliphatic heterocycles. The van der Waals surface area contributed by atoms with E-state index in [4.69, 9.17) is 11.6 Å². The van der Waals surface area contributed by atoms with Crippen molar-refractivity contribution in [1.82, 2.24) is 19.7 Å². The molecule has 4 rings (SSSR count). The number of amides is 1. The Hall–Kier alpha value is -1.95. The van der Waals surface area contributed by atoms with Gasteiger partial charge in [0.05, 0.1) is 19.0 Å². The Morgan fingerprint density at radius 1 is 1.33 bits per heavy atom. The summed E-state index contributed by atoms with van der Waals surface area (Å²) in [7, 11) is 0. The van der Waals surface area contributed by atoms with E-state index in [1.807, 2.05) is 0 Å². The lowest BCUT2D eigenvalue weighted by Gasteiger charge is -2.32. The van der Waals surface area contributed by atoms with Crippen molar-refractivity contribution in [2.75, 3.05) is 6.54 Å². The van der Waals surface area contributed by atoms with Gasteiger partial charge in [-0.15, -0.1) is 10.2 Å². The van der Waals surface area contributed by atoms with Crippen LogP contribution in [0.3, 0.4) is 0 Å². The highest BCUT2D eigenvalue weighted by atomic mass is 35.5. The van der Waals surface area contributed by atoms with Crippen LogP contribution in [0.2, 0.25) is 5.02 Å². The van der Waals surface area contributed by atoms with E-state index in [1.54, 1.807) is 11.0 Å². The normalized spacial score (nSPS) is 20.1. The molecule has 0 N–H and O–H groups in total. The van der Waals surface area contributed by atoms with Gasteiger partial charge in [-0.05, 0) is 43.5 Å². The lowest BCUT2D eigenvalue weighted by Crippen LogP contribution is -2.41. The number of rotatable bonds is 3. The number of benzene rings is 1. The summed E-state index contributed by atoms with van der Waals surface area (Å²) in [5.41, 5.74) is 0.586. The van der Waals surface area contributed by atoms with E-state index in [1.165, 1.54) is 25.0 Å². The third-order valence-electron chi connectivity index (χ3n) is 4.62. The molecule has 0 bridgehead atoms. The van der Waals surface area contributed by atoms with Crippen LogP contribution in [0.5, 0.6) is 0 Å². The lowest BCUT2D eigenvalue weighted by atomic mass is 10.1. The van der Waals surface area contributed by atoms with E-state index in [9.17, 15) is 9.18 Å². The number of carbonyl (C=O) groups is 1. The van der Waals surface area contributed by atoms with Crippen molar-refractivity contribution in [1.29, 1.82) is 0 Å². The van der Waals surface area contributed by atoms with Gasteiger partial charge >= 0.3 is 0 Å². The van der Waals surface area contributed by atoms with E-state index in [0.717, 1.165) is 11.6 Å². The topological polar surface area (TPSA) is 51.0 Å². The minimum absolute atomic E-state index is 0.0502. The van der Waals surface area contributed by atoms with Crippen LogP contribution in [0.25, 0.3) is 0 Å². The maximum atomic E-state index is 13.4. The molecule has 2 aliphatic rings. The predicted octanol–water partition coefficient (Wildman–Crippen LogP) is 3.09. The van der Waals surface area contributed by atoms with Crippen LogP contribution in [-0.2, 0) is 17.8 Å². The molecule has 2 aromatic rings. The number of fused-ring (bicyclic) bond motifs is 1. The molecule has 126 valence electrons. The van der Waals surface area contributed by atoms with Gasteiger partial charge in [0, 0.05) is 17.5 Å². The van der Waals surface area contributed by atoms with E-state index in [2.05, 4.69) is 21.7 Å².